The maximum absolute atomic E-state index is 15.3. The minimum absolute atomic E-state index is 0.0528. The predicted octanol–water partition coefficient (Wildman–Crippen LogP) is 4.05. The number of hydrogen-bond acceptors (Lipinski definition) is 8. The standard InChI is InChI=1S/C23H21F2N5O4S2/c1-34-14-6-4-13(5-7-14)3-2-10-30(36(32)33)17-9-8-16(24)20(18(17)25)29-23(31)15-11-35-21-19(15)27-12-28-22(21)26/h4-9,11-12H,2-3,10H2,1H3,(H,29,31)(H,32,33)(H2,26,27,28)/p-1. The quantitative estimate of drug-likeness (QED) is 0.311. The molecule has 0 fully saturated rings. The van der Waals surface area contributed by atoms with E-state index in [1.54, 1.807) is 19.2 Å². The van der Waals surface area contributed by atoms with Crippen molar-refractivity contribution in [3.05, 3.63) is 70.9 Å². The summed E-state index contributed by atoms with van der Waals surface area (Å²) in [6.45, 7) is -0.0660. The number of aryl methyl sites for hydroxylation is 1. The van der Waals surface area contributed by atoms with E-state index in [0.717, 1.165) is 33.3 Å². The maximum Gasteiger partial charge on any atom is 0.258 e. The zero-order chi connectivity index (χ0) is 25.8. The average molecular weight is 533 g/mol. The molecule has 0 aliphatic carbocycles. The number of nitrogens with one attached hydrogen (secondary N) is 1. The van der Waals surface area contributed by atoms with Crippen LogP contribution in [0.5, 0.6) is 5.75 Å². The van der Waals surface area contributed by atoms with Crippen LogP contribution in [0.4, 0.5) is 26.0 Å². The highest BCUT2D eigenvalue weighted by molar-refractivity contribution is 7.80. The number of nitrogens with zero attached hydrogens (tertiary/aromatic N) is 3. The lowest BCUT2D eigenvalue weighted by molar-refractivity contribution is 0.102. The molecule has 1 amide bonds. The third-order valence-electron chi connectivity index (χ3n) is 5.37. The second-order valence-electron chi connectivity index (χ2n) is 7.57. The first-order valence-corrected chi connectivity index (χ1v) is 12.5. The monoisotopic (exact) mass is 532 g/mol. The molecule has 0 saturated heterocycles. The highest BCUT2D eigenvalue weighted by Gasteiger charge is 2.23. The minimum Gasteiger partial charge on any atom is -0.755 e. The molecule has 0 saturated carbocycles. The van der Waals surface area contributed by atoms with E-state index >= 15 is 4.39 Å². The normalized spacial score (nSPS) is 11.9. The van der Waals surface area contributed by atoms with E-state index in [1.165, 1.54) is 11.7 Å². The molecule has 2 aromatic carbocycles. The minimum atomic E-state index is -2.85. The van der Waals surface area contributed by atoms with Gasteiger partial charge in [0, 0.05) is 23.2 Å². The van der Waals surface area contributed by atoms with Gasteiger partial charge in [-0.1, -0.05) is 12.1 Å². The van der Waals surface area contributed by atoms with Crippen LogP contribution in [0.25, 0.3) is 10.2 Å². The van der Waals surface area contributed by atoms with Crippen LogP contribution in [0.15, 0.2) is 48.1 Å². The number of anilines is 3. The molecule has 2 aromatic heterocycles. The van der Waals surface area contributed by atoms with Crippen LogP contribution >= 0.6 is 11.3 Å². The summed E-state index contributed by atoms with van der Waals surface area (Å²) in [7, 11) is 1.55. The second-order valence-corrected chi connectivity index (χ2v) is 9.32. The van der Waals surface area contributed by atoms with Gasteiger partial charge in [0.1, 0.15) is 29.4 Å². The van der Waals surface area contributed by atoms with E-state index in [-0.39, 0.29) is 23.4 Å². The molecule has 0 spiro atoms. The molecule has 36 heavy (non-hydrogen) atoms. The van der Waals surface area contributed by atoms with Gasteiger partial charge >= 0.3 is 0 Å². The van der Waals surface area contributed by atoms with Crippen LogP contribution in [0.1, 0.15) is 22.3 Å². The number of methoxy groups -OCH3 is 1. The van der Waals surface area contributed by atoms with Gasteiger partial charge in [0.05, 0.1) is 28.6 Å². The lowest BCUT2D eigenvalue weighted by atomic mass is 10.1. The fourth-order valence-corrected chi connectivity index (χ4v) is 5.04. The van der Waals surface area contributed by atoms with Crippen LogP contribution in [0.2, 0.25) is 0 Å². The molecule has 0 aliphatic heterocycles. The molecule has 13 heteroatoms. The van der Waals surface area contributed by atoms with Crippen molar-refractivity contribution in [2.45, 2.75) is 12.8 Å². The molecule has 1 unspecified atom stereocenters. The number of fused-ring (bicyclic) bond motifs is 1. The van der Waals surface area contributed by atoms with Gasteiger partial charge in [-0.2, -0.15) is 0 Å². The van der Waals surface area contributed by atoms with Gasteiger partial charge in [-0.15, -0.1) is 11.3 Å². The summed E-state index contributed by atoms with van der Waals surface area (Å²) in [6, 6.07) is 9.15. The Balaban J connectivity index is 1.54. The summed E-state index contributed by atoms with van der Waals surface area (Å²) in [5.41, 5.74) is 5.84. The molecule has 0 bridgehead atoms. The third-order valence-corrected chi connectivity index (χ3v) is 7.10. The van der Waals surface area contributed by atoms with Crippen molar-refractivity contribution < 1.29 is 27.1 Å². The van der Waals surface area contributed by atoms with Gasteiger partial charge < -0.3 is 20.3 Å². The number of halogens is 2. The van der Waals surface area contributed by atoms with Gasteiger partial charge in [0.25, 0.3) is 5.91 Å². The topological polar surface area (TPSA) is 134 Å². The maximum atomic E-state index is 15.3. The Hall–Kier alpha value is -3.68. The number of nitrogen functional groups attached to an aromatic ring is 1. The molecule has 9 nitrogen and oxygen atoms in total. The molecule has 188 valence electrons. The first-order chi connectivity index (χ1) is 17.3. The first kappa shape index (κ1) is 25.4. The van der Waals surface area contributed by atoms with Crippen molar-refractivity contribution in [2.75, 3.05) is 29.0 Å². The zero-order valence-corrected chi connectivity index (χ0v) is 20.5. The third kappa shape index (κ3) is 5.27. The largest absolute Gasteiger partial charge is 0.755 e. The van der Waals surface area contributed by atoms with Gasteiger partial charge in [-0.25, -0.2) is 18.7 Å². The number of ether oxygens (including phenoxy) is 1. The van der Waals surface area contributed by atoms with Gasteiger partial charge in [-0.05, 0) is 42.7 Å². The number of rotatable bonds is 9. The zero-order valence-electron chi connectivity index (χ0n) is 18.9. The van der Waals surface area contributed by atoms with E-state index < -0.39 is 40.2 Å². The fraction of sp³-hybridized carbons (Fsp3) is 0.174. The van der Waals surface area contributed by atoms with Crippen molar-refractivity contribution in [2.24, 2.45) is 0 Å². The van der Waals surface area contributed by atoms with Gasteiger partial charge in [0.2, 0.25) is 0 Å². The van der Waals surface area contributed by atoms with Crippen LogP contribution < -0.4 is 20.1 Å². The number of carbonyl (C=O) groups excluding carboxylic acids is 1. The smallest absolute Gasteiger partial charge is 0.258 e. The van der Waals surface area contributed by atoms with Crippen molar-refractivity contribution in [3.63, 3.8) is 0 Å². The van der Waals surface area contributed by atoms with E-state index in [1.807, 2.05) is 12.1 Å². The highest BCUT2D eigenvalue weighted by atomic mass is 32.2. The fourth-order valence-electron chi connectivity index (χ4n) is 3.55. The van der Waals surface area contributed by atoms with Crippen LogP contribution in [0, 0.1) is 11.6 Å². The Kier molecular flexibility index (Phi) is 7.72. The molecular weight excluding hydrogens is 512 g/mol. The summed E-state index contributed by atoms with van der Waals surface area (Å²) in [6.07, 6.45) is 2.05. The molecule has 1 atom stereocenters. The van der Waals surface area contributed by atoms with Gasteiger partial charge in [-0.3, -0.25) is 13.3 Å². The van der Waals surface area contributed by atoms with E-state index in [9.17, 15) is 17.9 Å². The summed E-state index contributed by atoms with van der Waals surface area (Å²) >= 11 is -1.73. The summed E-state index contributed by atoms with van der Waals surface area (Å²) in [5, 5.41) is 3.64. The Morgan fingerprint density at radius 3 is 2.67 bits per heavy atom. The number of aromatic nitrogens is 2. The number of benzene rings is 2. The lowest BCUT2D eigenvalue weighted by Gasteiger charge is -2.27. The van der Waals surface area contributed by atoms with E-state index in [2.05, 4.69) is 15.3 Å². The lowest BCUT2D eigenvalue weighted by Crippen LogP contribution is -2.28. The number of amides is 1. The average Bonchev–Trinajstić information content (AvgIpc) is 3.31. The highest BCUT2D eigenvalue weighted by Crippen LogP contribution is 2.32. The second kappa shape index (κ2) is 10.9. The number of thiophene rings is 1. The predicted molar refractivity (Wildman–Crippen MR) is 134 cm³/mol. The van der Waals surface area contributed by atoms with Crippen LogP contribution in [-0.4, -0.2) is 38.3 Å². The van der Waals surface area contributed by atoms with Crippen molar-refractivity contribution in [1.82, 2.24) is 9.97 Å². The molecule has 3 N–H and O–H groups in total. The molecule has 4 rings (SSSR count). The molecule has 0 radical (unpaired) electrons. The summed E-state index contributed by atoms with van der Waals surface area (Å²) in [5.74, 6) is -2.25. The van der Waals surface area contributed by atoms with E-state index in [4.69, 9.17) is 10.5 Å². The Morgan fingerprint density at radius 1 is 1.22 bits per heavy atom. The Bertz CT molecular complexity index is 1430. The van der Waals surface area contributed by atoms with Crippen LogP contribution in [0.3, 0.4) is 0 Å². The Morgan fingerprint density at radius 2 is 1.97 bits per heavy atom. The molecule has 4 aromatic rings. The van der Waals surface area contributed by atoms with Crippen molar-refractivity contribution >= 4 is 55.9 Å². The Labute approximate surface area is 211 Å². The molecule has 2 heterocycles. The summed E-state index contributed by atoms with van der Waals surface area (Å²) in [4.78, 5) is 20.7. The van der Waals surface area contributed by atoms with E-state index in [0.29, 0.717) is 23.3 Å². The number of nitrogens with two attached hydrogens (primary N) is 1. The van der Waals surface area contributed by atoms with Crippen molar-refractivity contribution in [1.29, 1.82) is 0 Å². The summed E-state index contributed by atoms with van der Waals surface area (Å²) < 4.78 is 60.0. The van der Waals surface area contributed by atoms with Crippen LogP contribution in [-0.2, 0) is 17.7 Å². The molecular formula is C23H20F2N5O4S2-. The number of hydrogen-bond donors (Lipinski definition) is 2. The molecule has 0 aliphatic rings. The SMILES string of the molecule is COc1ccc(CCCN(c2ccc(F)c(NC(=O)c3csc4c(N)ncnc34)c2F)S(=O)[O-])cc1. The first-order valence-electron chi connectivity index (χ1n) is 10.6. The van der Waals surface area contributed by atoms with Gasteiger partial charge in [0.15, 0.2) is 5.82 Å². The number of carbonyl (C=O) groups is 1. The van der Waals surface area contributed by atoms with Crippen molar-refractivity contribution in [3.8, 4) is 5.75 Å².